The van der Waals surface area contributed by atoms with Gasteiger partial charge in [-0.3, -0.25) is 11.3 Å². The van der Waals surface area contributed by atoms with E-state index in [1.165, 1.54) is 6.07 Å². The molecule has 0 bridgehead atoms. The number of hydrazine groups is 1. The first kappa shape index (κ1) is 16.6. The Morgan fingerprint density at radius 2 is 2.20 bits per heavy atom. The Kier molecular flexibility index (Phi) is 6.23. The highest BCUT2D eigenvalue weighted by atomic mass is 79.9. The summed E-state index contributed by atoms with van der Waals surface area (Å²) in [4.78, 5) is 0. The maximum absolute atomic E-state index is 13.4. The third kappa shape index (κ3) is 4.13. The SMILES string of the molecule is CC1SCC(C(Cc2cc(F)ccc2Br)NN)SC1C. The van der Waals surface area contributed by atoms with E-state index in [0.29, 0.717) is 15.7 Å². The molecule has 0 radical (unpaired) electrons. The highest BCUT2D eigenvalue weighted by Crippen LogP contribution is 2.37. The number of nitrogens with two attached hydrogens (primary N) is 1. The Hall–Kier alpha value is 0.250. The van der Waals surface area contributed by atoms with Crippen molar-refractivity contribution in [1.82, 2.24) is 5.43 Å². The molecule has 0 amide bonds. The molecule has 1 saturated heterocycles. The molecule has 0 aliphatic carbocycles. The number of thioether (sulfide) groups is 2. The Labute approximate surface area is 136 Å². The molecule has 4 atom stereocenters. The predicted octanol–water partition coefficient (Wildman–Crippen LogP) is 3.59. The summed E-state index contributed by atoms with van der Waals surface area (Å²) in [5.41, 5.74) is 3.89. The molecule has 20 heavy (non-hydrogen) atoms. The quantitative estimate of drug-likeness (QED) is 0.620. The second kappa shape index (κ2) is 7.49. The molecule has 4 unspecified atom stereocenters. The lowest BCUT2D eigenvalue weighted by Crippen LogP contribution is -2.47. The summed E-state index contributed by atoms with van der Waals surface area (Å²) >= 11 is 7.46. The second-order valence-electron chi connectivity index (χ2n) is 5.13. The topological polar surface area (TPSA) is 38.0 Å². The van der Waals surface area contributed by atoms with Gasteiger partial charge in [-0.2, -0.15) is 23.5 Å². The molecule has 0 saturated carbocycles. The van der Waals surface area contributed by atoms with E-state index in [0.717, 1.165) is 22.2 Å². The monoisotopic (exact) mass is 378 g/mol. The molecule has 1 aromatic carbocycles. The average molecular weight is 379 g/mol. The molecule has 112 valence electrons. The highest BCUT2D eigenvalue weighted by Gasteiger charge is 2.31. The van der Waals surface area contributed by atoms with E-state index < -0.39 is 0 Å². The van der Waals surface area contributed by atoms with E-state index in [1.807, 2.05) is 23.5 Å². The van der Waals surface area contributed by atoms with Crippen LogP contribution in [0.1, 0.15) is 19.4 Å². The van der Waals surface area contributed by atoms with E-state index in [2.05, 4.69) is 35.2 Å². The Morgan fingerprint density at radius 3 is 2.85 bits per heavy atom. The highest BCUT2D eigenvalue weighted by molar-refractivity contribution is 9.10. The number of hydrogen-bond donors (Lipinski definition) is 2. The zero-order chi connectivity index (χ0) is 14.7. The van der Waals surface area contributed by atoms with Crippen molar-refractivity contribution in [1.29, 1.82) is 0 Å². The minimum Gasteiger partial charge on any atom is -0.271 e. The largest absolute Gasteiger partial charge is 0.271 e. The smallest absolute Gasteiger partial charge is 0.123 e. The fraction of sp³-hybridized carbons (Fsp3) is 0.571. The van der Waals surface area contributed by atoms with Crippen molar-refractivity contribution in [2.45, 2.75) is 42.1 Å². The maximum atomic E-state index is 13.4. The molecule has 1 aliphatic heterocycles. The van der Waals surface area contributed by atoms with Gasteiger partial charge in [0.05, 0.1) is 0 Å². The maximum Gasteiger partial charge on any atom is 0.123 e. The van der Waals surface area contributed by atoms with E-state index in [9.17, 15) is 4.39 Å². The number of benzene rings is 1. The molecule has 0 spiro atoms. The molecule has 0 aromatic heterocycles. The van der Waals surface area contributed by atoms with Crippen molar-refractivity contribution in [3.05, 3.63) is 34.1 Å². The lowest BCUT2D eigenvalue weighted by atomic mass is 10.0. The van der Waals surface area contributed by atoms with Crippen LogP contribution in [0.5, 0.6) is 0 Å². The molecule has 1 heterocycles. The van der Waals surface area contributed by atoms with Crippen molar-refractivity contribution in [2.75, 3.05) is 5.75 Å². The van der Waals surface area contributed by atoms with Crippen LogP contribution in [0.3, 0.4) is 0 Å². The fourth-order valence-electron chi connectivity index (χ4n) is 2.25. The fourth-order valence-corrected chi connectivity index (χ4v) is 5.77. The molecule has 6 heteroatoms. The standard InChI is InChI=1S/C14H20BrFN2S2/c1-8-9(2)20-14(7-19-8)13(18-17)6-10-5-11(16)3-4-12(10)15/h3-5,8-9,13-14,18H,6-7,17H2,1-2H3. The average Bonchev–Trinajstić information content (AvgIpc) is 2.43. The first-order valence-electron chi connectivity index (χ1n) is 6.68. The summed E-state index contributed by atoms with van der Waals surface area (Å²) in [5.74, 6) is 6.62. The van der Waals surface area contributed by atoms with Gasteiger partial charge in [-0.1, -0.05) is 29.8 Å². The molecule has 2 rings (SSSR count). The summed E-state index contributed by atoms with van der Waals surface area (Å²) in [6, 6.07) is 4.96. The van der Waals surface area contributed by atoms with Gasteiger partial charge in [0.15, 0.2) is 0 Å². The molecule has 2 nitrogen and oxygen atoms in total. The normalized spacial score (nSPS) is 28.4. The number of hydrogen-bond acceptors (Lipinski definition) is 4. The van der Waals surface area contributed by atoms with Crippen LogP contribution in [0.2, 0.25) is 0 Å². The summed E-state index contributed by atoms with van der Waals surface area (Å²) in [6.45, 7) is 4.53. The van der Waals surface area contributed by atoms with Crippen LogP contribution in [0.15, 0.2) is 22.7 Å². The number of halogens is 2. The van der Waals surface area contributed by atoms with Crippen molar-refractivity contribution in [3.8, 4) is 0 Å². The van der Waals surface area contributed by atoms with E-state index in [4.69, 9.17) is 5.84 Å². The zero-order valence-corrected chi connectivity index (χ0v) is 14.8. The number of rotatable bonds is 4. The molecule has 1 aromatic rings. The van der Waals surface area contributed by atoms with Crippen molar-refractivity contribution in [2.24, 2.45) is 5.84 Å². The van der Waals surface area contributed by atoms with Crippen LogP contribution in [0.25, 0.3) is 0 Å². The van der Waals surface area contributed by atoms with Gasteiger partial charge < -0.3 is 0 Å². The Balaban J connectivity index is 2.07. The third-order valence-electron chi connectivity index (χ3n) is 3.68. The molecule has 3 N–H and O–H groups in total. The minimum atomic E-state index is -0.202. The Bertz CT molecular complexity index is 461. The second-order valence-corrected chi connectivity index (χ2v) is 9.02. The number of nitrogens with one attached hydrogen (secondary N) is 1. The molecule has 1 aliphatic rings. The van der Waals surface area contributed by atoms with Crippen molar-refractivity contribution < 1.29 is 4.39 Å². The zero-order valence-electron chi connectivity index (χ0n) is 11.6. The first-order valence-corrected chi connectivity index (χ1v) is 9.47. The van der Waals surface area contributed by atoms with Crippen LogP contribution in [-0.4, -0.2) is 27.5 Å². The summed E-state index contributed by atoms with van der Waals surface area (Å²) in [7, 11) is 0. The van der Waals surface area contributed by atoms with Gasteiger partial charge >= 0.3 is 0 Å². The summed E-state index contributed by atoms with van der Waals surface area (Å²) < 4.78 is 14.3. The van der Waals surface area contributed by atoms with E-state index in [-0.39, 0.29) is 11.9 Å². The summed E-state index contributed by atoms with van der Waals surface area (Å²) in [5, 5.41) is 1.74. The van der Waals surface area contributed by atoms with Crippen molar-refractivity contribution in [3.63, 3.8) is 0 Å². The van der Waals surface area contributed by atoms with Gasteiger partial charge in [-0.05, 0) is 30.2 Å². The van der Waals surface area contributed by atoms with Crippen LogP contribution in [0, 0.1) is 5.82 Å². The van der Waals surface area contributed by atoms with Crippen LogP contribution in [0.4, 0.5) is 4.39 Å². The van der Waals surface area contributed by atoms with Crippen LogP contribution < -0.4 is 11.3 Å². The Morgan fingerprint density at radius 1 is 1.45 bits per heavy atom. The van der Waals surface area contributed by atoms with Gasteiger partial charge in [-0.25, -0.2) is 4.39 Å². The predicted molar refractivity (Wildman–Crippen MR) is 91.7 cm³/mol. The van der Waals surface area contributed by atoms with Gasteiger partial charge in [0.1, 0.15) is 5.82 Å². The molecular formula is C14H20BrFN2S2. The van der Waals surface area contributed by atoms with Crippen LogP contribution >= 0.6 is 39.5 Å². The van der Waals surface area contributed by atoms with Gasteiger partial charge in [0.2, 0.25) is 0 Å². The third-order valence-corrected chi connectivity index (χ3v) is 8.01. The van der Waals surface area contributed by atoms with E-state index >= 15 is 0 Å². The molecule has 1 fully saturated rings. The van der Waals surface area contributed by atoms with Gasteiger partial charge in [0.25, 0.3) is 0 Å². The van der Waals surface area contributed by atoms with Crippen LogP contribution in [-0.2, 0) is 6.42 Å². The van der Waals surface area contributed by atoms with Gasteiger partial charge in [0, 0.05) is 32.0 Å². The lowest BCUT2D eigenvalue weighted by Gasteiger charge is -2.35. The van der Waals surface area contributed by atoms with E-state index in [1.54, 1.807) is 12.1 Å². The minimum absolute atomic E-state index is 0.153. The van der Waals surface area contributed by atoms with Gasteiger partial charge in [-0.15, -0.1) is 0 Å². The molecular weight excluding hydrogens is 359 g/mol. The lowest BCUT2D eigenvalue weighted by molar-refractivity contribution is 0.518. The van der Waals surface area contributed by atoms with Crippen molar-refractivity contribution >= 4 is 39.5 Å². The first-order chi connectivity index (χ1) is 9.51. The summed E-state index contributed by atoms with van der Waals surface area (Å²) in [6.07, 6.45) is 0.730.